The molecule has 2 heterocycles. The predicted octanol–water partition coefficient (Wildman–Crippen LogP) is 3.55. The Hall–Kier alpha value is -2.83. The fraction of sp³-hybridized carbons (Fsp3) is 0.476. The molecule has 28 heavy (non-hydrogen) atoms. The Kier molecular flexibility index (Phi) is 7.06. The van der Waals surface area contributed by atoms with Crippen molar-refractivity contribution in [2.75, 3.05) is 42.3 Å². The van der Waals surface area contributed by atoms with Crippen LogP contribution in [0.5, 0.6) is 5.75 Å². The highest BCUT2D eigenvalue weighted by Gasteiger charge is 2.22. The molecule has 1 aromatic heterocycles. The summed E-state index contributed by atoms with van der Waals surface area (Å²) in [4.78, 5) is 23.3. The molecule has 2 N–H and O–H groups in total. The number of carbonyl (C=O) groups excluding carboxylic acids is 1. The number of amides is 1. The number of hydrogen-bond donors (Lipinski definition) is 2. The van der Waals surface area contributed by atoms with Crippen LogP contribution in [0.25, 0.3) is 0 Å². The molecular formula is C21H29N5O2. The van der Waals surface area contributed by atoms with Gasteiger partial charge in [0.05, 0.1) is 7.11 Å². The molecule has 7 nitrogen and oxygen atoms in total. The summed E-state index contributed by atoms with van der Waals surface area (Å²) in [6.45, 7) is 4.81. The summed E-state index contributed by atoms with van der Waals surface area (Å²) in [6, 6.07) is 9.44. The maximum Gasteiger partial charge on any atom is 0.224 e. The molecule has 3 rings (SSSR count). The van der Waals surface area contributed by atoms with Crippen LogP contribution in [0.4, 0.5) is 17.3 Å². The van der Waals surface area contributed by atoms with Gasteiger partial charge in [-0.25, -0.2) is 9.97 Å². The van der Waals surface area contributed by atoms with Gasteiger partial charge in [0.25, 0.3) is 0 Å². The first-order chi connectivity index (χ1) is 13.7. The standard InChI is InChI=1S/C21H29N5O2/c1-3-22-19-13-20(24-15-23-19)26-11-5-6-16(14-26)9-10-21(27)25-17-7-4-8-18(12-17)28-2/h4,7-8,12-13,15-16H,3,5-6,9-11,14H2,1-2H3,(H,25,27)(H,22,23,24)/t16-/m0/s1. The van der Waals surface area contributed by atoms with E-state index >= 15 is 0 Å². The van der Waals surface area contributed by atoms with E-state index in [0.29, 0.717) is 12.3 Å². The van der Waals surface area contributed by atoms with E-state index in [1.165, 1.54) is 0 Å². The Morgan fingerprint density at radius 1 is 1.32 bits per heavy atom. The molecule has 0 saturated carbocycles. The van der Waals surface area contributed by atoms with E-state index in [1.54, 1.807) is 13.4 Å². The Bertz CT molecular complexity index is 783. The maximum atomic E-state index is 12.3. The molecule has 7 heteroatoms. The molecule has 1 aliphatic heterocycles. The number of nitrogens with zero attached hydrogens (tertiary/aromatic N) is 3. The van der Waals surface area contributed by atoms with Crippen molar-refractivity contribution in [1.82, 2.24) is 9.97 Å². The van der Waals surface area contributed by atoms with Gasteiger partial charge in [-0.1, -0.05) is 6.07 Å². The SMILES string of the molecule is CCNc1cc(N2CCC[C@@H](CCC(=O)Nc3cccc(OC)c3)C2)ncn1. The van der Waals surface area contributed by atoms with E-state index in [-0.39, 0.29) is 5.91 Å². The number of nitrogens with one attached hydrogen (secondary N) is 2. The Morgan fingerprint density at radius 2 is 2.21 bits per heavy atom. The van der Waals surface area contributed by atoms with Crippen molar-refractivity contribution in [2.24, 2.45) is 5.92 Å². The van der Waals surface area contributed by atoms with Gasteiger partial charge in [0.1, 0.15) is 23.7 Å². The van der Waals surface area contributed by atoms with Crippen LogP contribution in [0.3, 0.4) is 0 Å². The molecule has 0 radical (unpaired) electrons. The molecule has 0 unspecified atom stereocenters. The molecule has 0 spiro atoms. The van der Waals surface area contributed by atoms with Gasteiger partial charge in [0, 0.05) is 43.9 Å². The third kappa shape index (κ3) is 5.58. The van der Waals surface area contributed by atoms with Crippen molar-refractivity contribution in [3.05, 3.63) is 36.7 Å². The van der Waals surface area contributed by atoms with E-state index in [1.807, 2.05) is 30.3 Å². The molecule has 1 saturated heterocycles. The van der Waals surface area contributed by atoms with E-state index in [2.05, 4.69) is 32.4 Å². The third-order valence-corrected chi connectivity index (χ3v) is 4.99. The summed E-state index contributed by atoms with van der Waals surface area (Å²) in [5, 5.41) is 6.19. The van der Waals surface area contributed by atoms with E-state index in [0.717, 1.165) is 62.0 Å². The van der Waals surface area contributed by atoms with Crippen LogP contribution < -0.4 is 20.3 Å². The minimum absolute atomic E-state index is 0.0434. The molecule has 1 fully saturated rings. The fourth-order valence-corrected chi connectivity index (χ4v) is 3.57. The number of rotatable bonds is 8. The largest absolute Gasteiger partial charge is 0.497 e. The van der Waals surface area contributed by atoms with E-state index < -0.39 is 0 Å². The number of aromatic nitrogens is 2. The van der Waals surface area contributed by atoms with Crippen molar-refractivity contribution >= 4 is 23.2 Å². The highest BCUT2D eigenvalue weighted by molar-refractivity contribution is 5.90. The van der Waals surface area contributed by atoms with Crippen molar-refractivity contribution in [1.29, 1.82) is 0 Å². The van der Waals surface area contributed by atoms with Gasteiger partial charge < -0.3 is 20.3 Å². The highest BCUT2D eigenvalue weighted by atomic mass is 16.5. The average Bonchev–Trinajstić information content (AvgIpc) is 2.73. The van der Waals surface area contributed by atoms with Gasteiger partial charge in [-0.05, 0) is 44.2 Å². The van der Waals surface area contributed by atoms with Gasteiger partial charge in [-0.3, -0.25) is 4.79 Å². The van der Waals surface area contributed by atoms with Gasteiger partial charge in [-0.15, -0.1) is 0 Å². The molecule has 0 aliphatic carbocycles. The zero-order valence-electron chi connectivity index (χ0n) is 16.6. The van der Waals surface area contributed by atoms with Crippen LogP contribution in [0, 0.1) is 5.92 Å². The van der Waals surface area contributed by atoms with Crippen molar-refractivity contribution < 1.29 is 9.53 Å². The summed E-state index contributed by atoms with van der Waals surface area (Å²) in [5.74, 6) is 3.08. The van der Waals surface area contributed by atoms with Crippen LogP contribution in [0.15, 0.2) is 36.7 Å². The molecule has 150 valence electrons. The number of anilines is 3. The zero-order valence-corrected chi connectivity index (χ0v) is 16.6. The van der Waals surface area contributed by atoms with E-state index in [9.17, 15) is 4.79 Å². The fourth-order valence-electron chi connectivity index (χ4n) is 3.57. The molecule has 1 atom stereocenters. The third-order valence-electron chi connectivity index (χ3n) is 4.99. The molecule has 1 amide bonds. The lowest BCUT2D eigenvalue weighted by atomic mass is 9.93. The van der Waals surface area contributed by atoms with Crippen LogP contribution in [0.1, 0.15) is 32.6 Å². The smallest absolute Gasteiger partial charge is 0.224 e. The van der Waals surface area contributed by atoms with Crippen LogP contribution in [-0.2, 0) is 4.79 Å². The van der Waals surface area contributed by atoms with Crippen LogP contribution in [0.2, 0.25) is 0 Å². The number of ether oxygens (including phenoxy) is 1. The first kappa shape index (κ1) is 19.9. The van der Waals surface area contributed by atoms with E-state index in [4.69, 9.17) is 4.74 Å². The normalized spacial score (nSPS) is 16.5. The number of benzene rings is 1. The second-order valence-corrected chi connectivity index (χ2v) is 7.06. The lowest BCUT2D eigenvalue weighted by Gasteiger charge is -2.33. The number of hydrogen-bond acceptors (Lipinski definition) is 6. The average molecular weight is 383 g/mol. The zero-order chi connectivity index (χ0) is 19.8. The number of piperidine rings is 1. The Morgan fingerprint density at radius 3 is 3.04 bits per heavy atom. The molecule has 1 aromatic carbocycles. The van der Waals surface area contributed by atoms with Gasteiger partial charge in [0.2, 0.25) is 5.91 Å². The van der Waals surface area contributed by atoms with Gasteiger partial charge >= 0.3 is 0 Å². The first-order valence-electron chi connectivity index (χ1n) is 9.92. The second-order valence-electron chi connectivity index (χ2n) is 7.06. The maximum absolute atomic E-state index is 12.3. The number of methoxy groups -OCH3 is 1. The topological polar surface area (TPSA) is 79.4 Å². The predicted molar refractivity (Wildman–Crippen MR) is 112 cm³/mol. The second kappa shape index (κ2) is 9.92. The summed E-state index contributed by atoms with van der Waals surface area (Å²) in [6.07, 6.45) is 5.26. The highest BCUT2D eigenvalue weighted by Crippen LogP contribution is 2.26. The first-order valence-corrected chi connectivity index (χ1v) is 9.92. The monoisotopic (exact) mass is 383 g/mol. The van der Waals surface area contributed by atoms with Crippen molar-refractivity contribution in [3.63, 3.8) is 0 Å². The minimum Gasteiger partial charge on any atom is -0.497 e. The van der Waals surface area contributed by atoms with Gasteiger partial charge in [0.15, 0.2) is 0 Å². The summed E-state index contributed by atoms with van der Waals surface area (Å²) in [5.41, 5.74) is 0.770. The Labute approximate surface area is 166 Å². The molecule has 0 bridgehead atoms. The van der Waals surface area contributed by atoms with Crippen LogP contribution >= 0.6 is 0 Å². The quantitative estimate of drug-likeness (QED) is 0.726. The summed E-state index contributed by atoms with van der Waals surface area (Å²) in [7, 11) is 1.62. The molecule has 2 aromatic rings. The Balaban J connectivity index is 1.50. The lowest BCUT2D eigenvalue weighted by Crippen LogP contribution is -2.36. The summed E-state index contributed by atoms with van der Waals surface area (Å²) >= 11 is 0. The van der Waals surface area contributed by atoms with Crippen LogP contribution in [-0.4, -0.2) is 42.6 Å². The minimum atomic E-state index is 0.0434. The number of carbonyl (C=O) groups is 1. The molecule has 1 aliphatic rings. The lowest BCUT2D eigenvalue weighted by molar-refractivity contribution is -0.116. The van der Waals surface area contributed by atoms with Crippen molar-refractivity contribution in [2.45, 2.75) is 32.6 Å². The molecular weight excluding hydrogens is 354 g/mol. The van der Waals surface area contributed by atoms with Gasteiger partial charge in [-0.2, -0.15) is 0 Å². The summed E-state index contributed by atoms with van der Waals surface area (Å²) < 4.78 is 5.20. The van der Waals surface area contributed by atoms with Crippen molar-refractivity contribution in [3.8, 4) is 5.75 Å².